The normalized spacial score (nSPS) is 15.6. The Bertz CT molecular complexity index is 315. The molecule has 1 aromatic carbocycles. The number of fused-ring (bicyclic) bond motifs is 1. The van der Waals surface area contributed by atoms with Gasteiger partial charge in [0, 0.05) is 12.1 Å². The summed E-state index contributed by atoms with van der Waals surface area (Å²) in [4.78, 5) is 0. The number of allylic oxidation sites excluding steroid dienone is 1. The summed E-state index contributed by atoms with van der Waals surface area (Å²) in [5.41, 5.74) is 10.0. The molecule has 0 fully saturated rings. The average Bonchev–Trinajstić information content (AvgIpc) is 2.29. The third-order valence-electron chi connectivity index (χ3n) is 2.09. The molecule has 2 nitrogen and oxygen atoms in total. The number of benzene rings is 1. The molecule has 0 unspecified atom stereocenters. The number of anilines is 1. The van der Waals surface area contributed by atoms with E-state index >= 15 is 0 Å². The minimum Gasteiger partial charge on any atom is -0.321 e. The molecule has 1 heterocycles. The zero-order valence-electron chi connectivity index (χ0n) is 7.09. The van der Waals surface area contributed by atoms with E-state index in [1.165, 1.54) is 11.1 Å². The second-order valence-electron chi connectivity index (χ2n) is 2.94. The van der Waals surface area contributed by atoms with Crippen molar-refractivity contribution >= 4 is 11.3 Å². The van der Waals surface area contributed by atoms with E-state index in [1.807, 2.05) is 6.07 Å². The number of hydrogen-bond donors (Lipinski definition) is 2. The Hall–Kier alpha value is -1.28. The van der Waals surface area contributed by atoms with Gasteiger partial charge in [0.2, 0.25) is 0 Å². The fraction of sp³-hybridized carbons (Fsp3) is 0.200. The van der Waals surface area contributed by atoms with E-state index in [0.29, 0.717) is 0 Å². The predicted octanol–water partition coefficient (Wildman–Crippen LogP) is 2.02. The van der Waals surface area contributed by atoms with Gasteiger partial charge in [0.25, 0.3) is 0 Å². The van der Waals surface area contributed by atoms with Crippen LogP contribution in [0.5, 0.6) is 0 Å². The van der Waals surface area contributed by atoms with E-state index < -0.39 is 0 Å². The van der Waals surface area contributed by atoms with Crippen LogP contribution in [0.15, 0.2) is 30.3 Å². The molecule has 62 valence electrons. The molecule has 0 amide bonds. The molecule has 0 saturated heterocycles. The summed E-state index contributed by atoms with van der Waals surface area (Å²) in [6, 6.07) is 8.29. The highest BCUT2D eigenvalue weighted by molar-refractivity contribution is 5.75. The van der Waals surface area contributed by atoms with Gasteiger partial charge in [-0.15, -0.1) is 0 Å². The molecule has 2 rings (SSSR count). The monoisotopic (exact) mass is 160 g/mol. The van der Waals surface area contributed by atoms with Crippen LogP contribution in [0, 0.1) is 0 Å². The van der Waals surface area contributed by atoms with Gasteiger partial charge < -0.3 is 5.43 Å². The number of hydrogen-bond acceptors (Lipinski definition) is 2. The van der Waals surface area contributed by atoms with Crippen molar-refractivity contribution in [3.8, 4) is 0 Å². The molecule has 1 aliphatic heterocycles. The first-order valence-electron chi connectivity index (χ1n) is 4.13. The molecule has 1 aromatic rings. The van der Waals surface area contributed by atoms with Crippen LogP contribution in [0.1, 0.15) is 12.5 Å². The molecule has 0 bridgehead atoms. The maximum atomic E-state index is 3.15. The third-order valence-corrected chi connectivity index (χ3v) is 2.09. The Morgan fingerprint density at radius 1 is 1.25 bits per heavy atom. The van der Waals surface area contributed by atoms with E-state index in [9.17, 15) is 0 Å². The zero-order valence-corrected chi connectivity index (χ0v) is 7.09. The third kappa shape index (κ3) is 1.21. The smallest absolute Gasteiger partial charge is 0.0562 e. The van der Waals surface area contributed by atoms with E-state index in [4.69, 9.17) is 0 Å². The lowest BCUT2D eigenvalue weighted by Gasteiger charge is -2.07. The summed E-state index contributed by atoms with van der Waals surface area (Å²) in [7, 11) is 0. The van der Waals surface area contributed by atoms with Crippen molar-refractivity contribution in [1.29, 1.82) is 0 Å². The van der Waals surface area contributed by atoms with Gasteiger partial charge in [-0.3, -0.25) is 0 Å². The summed E-state index contributed by atoms with van der Waals surface area (Å²) in [5, 5.41) is 0. The highest BCUT2D eigenvalue weighted by Crippen LogP contribution is 2.23. The van der Waals surface area contributed by atoms with Gasteiger partial charge in [0.15, 0.2) is 0 Å². The molecular formula is C10H12N2. The lowest BCUT2D eigenvalue weighted by molar-refractivity contribution is 0.902. The highest BCUT2D eigenvalue weighted by Gasteiger charge is 2.04. The van der Waals surface area contributed by atoms with Gasteiger partial charge in [-0.1, -0.05) is 24.3 Å². The minimum absolute atomic E-state index is 0.876. The average molecular weight is 160 g/mol. The van der Waals surface area contributed by atoms with Crippen molar-refractivity contribution in [3.05, 3.63) is 35.9 Å². The minimum atomic E-state index is 0.876. The van der Waals surface area contributed by atoms with Gasteiger partial charge in [0.1, 0.15) is 0 Å². The first kappa shape index (κ1) is 7.37. The van der Waals surface area contributed by atoms with Crippen LogP contribution in [-0.2, 0) is 0 Å². The molecular weight excluding hydrogens is 148 g/mol. The second-order valence-corrected chi connectivity index (χ2v) is 2.94. The number of nitrogens with one attached hydrogen (secondary N) is 2. The van der Waals surface area contributed by atoms with E-state index in [0.717, 1.165) is 12.2 Å². The number of para-hydroxylation sites is 1. The summed E-state index contributed by atoms with van der Waals surface area (Å²) in [6.45, 7) is 3.01. The van der Waals surface area contributed by atoms with Crippen molar-refractivity contribution in [1.82, 2.24) is 5.43 Å². The maximum absolute atomic E-state index is 3.15. The maximum Gasteiger partial charge on any atom is 0.0562 e. The van der Waals surface area contributed by atoms with Crippen LogP contribution >= 0.6 is 0 Å². The Labute approximate surface area is 72.3 Å². The van der Waals surface area contributed by atoms with Gasteiger partial charge in [-0.2, -0.15) is 0 Å². The SMILES string of the molecule is CC1=CCNNc2ccccc21. The topological polar surface area (TPSA) is 24.1 Å². The predicted molar refractivity (Wildman–Crippen MR) is 51.7 cm³/mol. The molecule has 0 atom stereocenters. The fourth-order valence-electron chi connectivity index (χ4n) is 1.40. The largest absolute Gasteiger partial charge is 0.321 e. The van der Waals surface area contributed by atoms with E-state index in [-0.39, 0.29) is 0 Å². The molecule has 2 heteroatoms. The Morgan fingerprint density at radius 3 is 3.00 bits per heavy atom. The Kier molecular flexibility index (Phi) is 1.84. The molecule has 0 saturated carbocycles. The van der Waals surface area contributed by atoms with Crippen molar-refractivity contribution in [2.45, 2.75) is 6.92 Å². The lowest BCUT2D eigenvalue weighted by atomic mass is 10.1. The molecule has 0 spiro atoms. The van der Waals surface area contributed by atoms with Crippen molar-refractivity contribution in [3.63, 3.8) is 0 Å². The first-order chi connectivity index (χ1) is 5.88. The van der Waals surface area contributed by atoms with Crippen LogP contribution in [-0.4, -0.2) is 6.54 Å². The van der Waals surface area contributed by atoms with Crippen LogP contribution < -0.4 is 10.9 Å². The standard InChI is InChI=1S/C10H12N2/c1-8-6-7-11-12-10-5-3-2-4-9(8)10/h2-6,11-12H,7H2,1H3. The summed E-state index contributed by atoms with van der Waals surface area (Å²) in [6.07, 6.45) is 2.18. The van der Waals surface area contributed by atoms with Crippen LogP contribution in [0.4, 0.5) is 5.69 Å². The Morgan fingerprint density at radius 2 is 2.08 bits per heavy atom. The highest BCUT2D eigenvalue weighted by atomic mass is 15.4. The van der Waals surface area contributed by atoms with Gasteiger partial charge in [0.05, 0.1) is 5.69 Å². The molecule has 1 aliphatic rings. The van der Waals surface area contributed by atoms with E-state index in [1.54, 1.807) is 0 Å². The molecule has 0 aromatic heterocycles. The van der Waals surface area contributed by atoms with Gasteiger partial charge >= 0.3 is 0 Å². The first-order valence-corrected chi connectivity index (χ1v) is 4.13. The van der Waals surface area contributed by atoms with Crippen LogP contribution in [0.3, 0.4) is 0 Å². The number of hydrazine groups is 1. The van der Waals surface area contributed by atoms with Crippen LogP contribution in [0.25, 0.3) is 5.57 Å². The van der Waals surface area contributed by atoms with Gasteiger partial charge in [-0.25, -0.2) is 5.43 Å². The Balaban J connectivity index is 2.51. The summed E-state index contributed by atoms with van der Waals surface area (Å²) >= 11 is 0. The van der Waals surface area contributed by atoms with Crippen LogP contribution in [0.2, 0.25) is 0 Å². The molecule has 2 N–H and O–H groups in total. The lowest BCUT2D eigenvalue weighted by Crippen LogP contribution is -2.20. The molecule has 12 heavy (non-hydrogen) atoms. The quantitative estimate of drug-likeness (QED) is 0.606. The molecule has 0 aliphatic carbocycles. The van der Waals surface area contributed by atoms with E-state index in [2.05, 4.69) is 42.1 Å². The van der Waals surface area contributed by atoms with Crippen molar-refractivity contribution in [2.24, 2.45) is 0 Å². The second kappa shape index (κ2) is 2.99. The van der Waals surface area contributed by atoms with Crippen molar-refractivity contribution in [2.75, 3.05) is 12.0 Å². The van der Waals surface area contributed by atoms with Crippen molar-refractivity contribution < 1.29 is 0 Å². The number of rotatable bonds is 0. The summed E-state index contributed by atoms with van der Waals surface area (Å²) in [5.74, 6) is 0. The zero-order chi connectivity index (χ0) is 8.39. The molecule has 0 radical (unpaired) electrons. The van der Waals surface area contributed by atoms with Gasteiger partial charge in [-0.05, 0) is 18.6 Å². The fourth-order valence-corrected chi connectivity index (χ4v) is 1.40. The summed E-state index contributed by atoms with van der Waals surface area (Å²) < 4.78 is 0.